The second-order valence-electron chi connectivity index (χ2n) is 4.93. The van der Waals surface area contributed by atoms with E-state index in [0.717, 1.165) is 19.3 Å². The summed E-state index contributed by atoms with van der Waals surface area (Å²) < 4.78 is 5.94. The molecule has 96 valence electrons. The van der Waals surface area contributed by atoms with Crippen molar-refractivity contribution in [1.82, 2.24) is 5.32 Å². The van der Waals surface area contributed by atoms with Gasteiger partial charge in [0, 0.05) is 6.04 Å². The molecule has 1 aliphatic rings. The molecule has 4 heteroatoms. The lowest BCUT2D eigenvalue weighted by molar-refractivity contribution is -0.0837. The maximum atomic E-state index is 9.62. The van der Waals surface area contributed by atoms with Crippen molar-refractivity contribution in [3.8, 4) is 0 Å². The molecule has 0 aromatic carbocycles. The summed E-state index contributed by atoms with van der Waals surface area (Å²) in [7, 11) is 1.88. The minimum absolute atomic E-state index is 0.0874. The molecule has 0 bridgehead atoms. The van der Waals surface area contributed by atoms with Gasteiger partial charge in [-0.15, -0.1) is 0 Å². The van der Waals surface area contributed by atoms with Crippen molar-refractivity contribution in [2.24, 2.45) is 11.7 Å². The Morgan fingerprint density at radius 2 is 2.19 bits per heavy atom. The van der Waals surface area contributed by atoms with Crippen LogP contribution in [0.3, 0.4) is 0 Å². The number of aliphatic hydroxyl groups excluding tert-OH is 1. The molecule has 4 unspecified atom stereocenters. The zero-order valence-corrected chi connectivity index (χ0v) is 10.6. The van der Waals surface area contributed by atoms with Gasteiger partial charge in [-0.25, -0.2) is 0 Å². The smallest absolute Gasteiger partial charge is 0.0665 e. The highest BCUT2D eigenvalue weighted by Crippen LogP contribution is 2.27. The lowest BCUT2D eigenvalue weighted by atomic mass is 9.87. The molecule has 0 aromatic rings. The van der Waals surface area contributed by atoms with E-state index in [1.807, 2.05) is 14.0 Å². The van der Waals surface area contributed by atoms with Crippen LogP contribution in [0.1, 0.15) is 33.1 Å². The van der Waals surface area contributed by atoms with E-state index in [-0.39, 0.29) is 18.2 Å². The number of ether oxygens (including phenoxy) is 1. The average molecular weight is 230 g/mol. The Labute approximate surface area is 98.5 Å². The maximum Gasteiger partial charge on any atom is 0.0665 e. The van der Waals surface area contributed by atoms with Crippen molar-refractivity contribution >= 4 is 0 Å². The molecule has 1 rings (SSSR count). The predicted molar refractivity (Wildman–Crippen MR) is 65.3 cm³/mol. The lowest BCUT2D eigenvalue weighted by Gasteiger charge is -2.37. The van der Waals surface area contributed by atoms with Crippen LogP contribution < -0.4 is 11.1 Å². The zero-order valence-electron chi connectivity index (χ0n) is 10.6. The van der Waals surface area contributed by atoms with Crippen LogP contribution in [0.25, 0.3) is 0 Å². The van der Waals surface area contributed by atoms with Gasteiger partial charge in [-0.05, 0) is 52.6 Å². The maximum absolute atomic E-state index is 9.62. The Balaban J connectivity index is 2.53. The van der Waals surface area contributed by atoms with Gasteiger partial charge < -0.3 is 20.9 Å². The van der Waals surface area contributed by atoms with E-state index in [9.17, 15) is 5.11 Å². The van der Waals surface area contributed by atoms with E-state index in [0.29, 0.717) is 18.6 Å². The van der Waals surface area contributed by atoms with Crippen LogP contribution in [0.15, 0.2) is 0 Å². The van der Waals surface area contributed by atoms with Gasteiger partial charge >= 0.3 is 0 Å². The predicted octanol–water partition coefficient (Wildman–Crippen LogP) is 0.488. The standard InChI is InChI=1S/C12H26N2O2/c1-8-4-5-10(7-13)12(16-8)6-11(14-3)9(2)15/h8-12,14-15H,4-7,13H2,1-3H3/t8-,9?,10?,11?,12?/m1/s1. The Kier molecular flexibility index (Phi) is 5.69. The molecule has 1 fully saturated rings. The van der Waals surface area contributed by atoms with Crippen LogP contribution in [-0.2, 0) is 4.74 Å². The Morgan fingerprint density at radius 1 is 1.50 bits per heavy atom. The molecule has 0 saturated carbocycles. The number of hydrogen-bond acceptors (Lipinski definition) is 4. The number of nitrogens with one attached hydrogen (secondary N) is 1. The summed E-state index contributed by atoms with van der Waals surface area (Å²) in [5.74, 6) is 0.436. The highest BCUT2D eigenvalue weighted by molar-refractivity contribution is 4.84. The number of likely N-dealkylation sites (N-methyl/N-ethyl adjacent to an activating group) is 1. The van der Waals surface area contributed by atoms with Gasteiger partial charge in [-0.1, -0.05) is 0 Å². The molecule has 4 nitrogen and oxygen atoms in total. The van der Waals surface area contributed by atoms with E-state index < -0.39 is 0 Å². The minimum atomic E-state index is -0.357. The molecule has 0 radical (unpaired) electrons. The van der Waals surface area contributed by atoms with Crippen molar-refractivity contribution < 1.29 is 9.84 Å². The summed E-state index contributed by atoms with van der Waals surface area (Å²) in [4.78, 5) is 0. The van der Waals surface area contributed by atoms with Crippen molar-refractivity contribution in [3.05, 3.63) is 0 Å². The molecular formula is C12H26N2O2. The first-order valence-electron chi connectivity index (χ1n) is 6.29. The largest absolute Gasteiger partial charge is 0.392 e. The summed E-state index contributed by atoms with van der Waals surface area (Å²) in [6.07, 6.45) is 3.21. The molecule has 4 N–H and O–H groups in total. The van der Waals surface area contributed by atoms with Crippen molar-refractivity contribution in [3.63, 3.8) is 0 Å². The summed E-state index contributed by atoms with van der Waals surface area (Å²) in [5.41, 5.74) is 5.77. The van der Waals surface area contributed by atoms with Crippen LogP contribution in [-0.4, -0.2) is 43.1 Å². The van der Waals surface area contributed by atoms with Gasteiger partial charge in [-0.2, -0.15) is 0 Å². The first-order chi connectivity index (χ1) is 7.58. The van der Waals surface area contributed by atoms with Crippen LogP contribution in [0.2, 0.25) is 0 Å². The van der Waals surface area contributed by atoms with Crippen LogP contribution >= 0.6 is 0 Å². The van der Waals surface area contributed by atoms with Crippen molar-refractivity contribution in [1.29, 1.82) is 0 Å². The molecule has 1 heterocycles. The molecule has 1 saturated heterocycles. The lowest BCUT2D eigenvalue weighted by Crippen LogP contribution is -2.45. The highest BCUT2D eigenvalue weighted by Gasteiger charge is 2.31. The van der Waals surface area contributed by atoms with E-state index >= 15 is 0 Å². The van der Waals surface area contributed by atoms with Gasteiger partial charge in [0.15, 0.2) is 0 Å². The fourth-order valence-corrected chi connectivity index (χ4v) is 2.44. The van der Waals surface area contributed by atoms with Crippen LogP contribution in [0.4, 0.5) is 0 Å². The summed E-state index contributed by atoms with van der Waals surface area (Å²) in [5, 5.41) is 12.8. The van der Waals surface area contributed by atoms with Gasteiger partial charge in [0.1, 0.15) is 0 Å². The minimum Gasteiger partial charge on any atom is -0.392 e. The molecule has 0 aromatic heterocycles. The molecule has 0 amide bonds. The first-order valence-corrected chi connectivity index (χ1v) is 6.29. The van der Waals surface area contributed by atoms with E-state index in [2.05, 4.69) is 12.2 Å². The van der Waals surface area contributed by atoms with Crippen LogP contribution in [0.5, 0.6) is 0 Å². The Morgan fingerprint density at radius 3 is 2.69 bits per heavy atom. The number of aliphatic hydroxyl groups is 1. The van der Waals surface area contributed by atoms with Crippen molar-refractivity contribution in [2.45, 2.75) is 57.5 Å². The summed E-state index contributed by atoms with van der Waals surface area (Å²) in [6, 6.07) is 0.0874. The van der Waals surface area contributed by atoms with E-state index in [4.69, 9.17) is 10.5 Å². The average Bonchev–Trinajstić information content (AvgIpc) is 2.25. The quantitative estimate of drug-likeness (QED) is 0.643. The fraction of sp³-hybridized carbons (Fsp3) is 1.00. The number of nitrogens with two attached hydrogens (primary N) is 1. The van der Waals surface area contributed by atoms with E-state index in [1.54, 1.807) is 0 Å². The molecule has 0 aliphatic carbocycles. The SMILES string of the molecule is CNC(CC1O[C@H](C)CCC1CN)C(C)O. The Hall–Kier alpha value is -0.160. The van der Waals surface area contributed by atoms with Gasteiger partial charge in [0.05, 0.1) is 18.3 Å². The molecule has 16 heavy (non-hydrogen) atoms. The molecular weight excluding hydrogens is 204 g/mol. The third kappa shape index (κ3) is 3.70. The first kappa shape index (κ1) is 13.9. The molecule has 0 spiro atoms. The molecule has 5 atom stereocenters. The Bertz CT molecular complexity index is 197. The van der Waals surface area contributed by atoms with E-state index in [1.165, 1.54) is 0 Å². The van der Waals surface area contributed by atoms with Gasteiger partial charge in [0.2, 0.25) is 0 Å². The third-order valence-corrected chi connectivity index (χ3v) is 3.62. The topological polar surface area (TPSA) is 67.5 Å². The number of hydrogen-bond donors (Lipinski definition) is 3. The summed E-state index contributed by atoms with van der Waals surface area (Å²) >= 11 is 0. The second kappa shape index (κ2) is 6.55. The van der Waals surface area contributed by atoms with Crippen molar-refractivity contribution in [2.75, 3.05) is 13.6 Å². The fourth-order valence-electron chi connectivity index (χ4n) is 2.44. The van der Waals surface area contributed by atoms with Crippen LogP contribution in [0, 0.1) is 5.92 Å². The third-order valence-electron chi connectivity index (χ3n) is 3.62. The monoisotopic (exact) mass is 230 g/mol. The van der Waals surface area contributed by atoms with Gasteiger partial charge in [0.25, 0.3) is 0 Å². The second-order valence-corrected chi connectivity index (χ2v) is 4.93. The highest BCUT2D eigenvalue weighted by atomic mass is 16.5. The zero-order chi connectivity index (χ0) is 12.1. The normalized spacial score (nSPS) is 34.7. The number of rotatable bonds is 5. The molecule has 1 aliphatic heterocycles. The van der Waals surface area contributed by atoms with Gasteiger partial charge in [-0.3, -0.25) is 0 Å². The summed E-state index contributed by atoms with van der Waals surface area (Å²) in [6.45, 7) is 4.59.